The van der Waals surface area contributed by atoms with Crippen molar-refractivity contribution in [1.82, 2.24) is 4.98 Å². The van der Waals surface area contributed by atoms with Crippen molar-refractivity contribution < 1.29 is 18.9 Å². The van der Waals surface area contributed by atoms with Gasteiger partial charge < -0.3 is 29.6 Å². The molecule has 7 heteroatoms. The van der Waals surface area contributed by atoms with Gasteiger partial charge in [0.05, 0.1) is 26.8 Å². The summed E-state index contributed by atoms with van der Waals surface area (Å²) in [5, 5.41) is 0.839. The third kappa shape index (κ3) is 4.49. The van der Waals surface area contributed by atoms with E-state index in [-0.39, 0.29) is 0 Å². The molecule has 0 saturated heterocycles. The highest BCUT2D eigenvalue weighted by atomic mass is 16.5. The molecule has 1 aromatic heterocycles. The summed E-state index contributed by atoms with van der Waals surface area (Å²) in [6, 6.07) is 20.0. The fraction of sp³-hybridized carbons (Fsp3) is 0.250. The maximum Gasteiger partial charge on any atom is 0.162 e. The lowest BCUT2D eigenvalue weighted by Crippen LogP contribution is -2.31. The normalized spacial score (nSPS) is 12.8. The van der Waals surface area contributed by atoms with Crippen LogP contribution in [0.3, 0.4) is 0 Å². The monoisotopic (exact) mass is 471 g/mol. The molecule has 0 spiro atoms. The van der Waals surface area contributed by atoms with Gasteiger partial charge in [0.25, 0.3) is 0 Å². The quantitative estimate of drug-likeness (QED) is 0.407. The fourth-order valence-corrected chi connectivity index (χ4v) is 4.49. The van der Waals surface area contributed by atoms with Crippen LogP contribution in [0.25, 0.3) is 10.9 Å². The van der Waals surface area contributed by atoms with Crippen LogP contribution in [-0.4, -0.2) is 32.9 Å². The molecule has 7 nitrogen and oxygen atoms in total. The highest BCUT2D eigenvalue weighted by Crippen LogP contribution is 2.38. The molecule has 2 heterocycles. The molecule has 180 valence electrons. The number of nitrogen functional groups attached to an aromatic ring is 1. The number of anilines is 2. The van der Waals surface area contributed by atoms with Gasteiger partial charge in [0.2, 0.25) is 0 Å². The molecule has 4 aromatic rings. The van der Waals surface area contributed by atoms with Crippen molar-refractivity contribution in [2.75, 3.05) is 38.5 Å². The van der Waals surface area contributed by atoms with E-state index in [4.69, 9.17) is 29.7 Å². The summed E-state index contributed by atoms with van der Waals surface area (Å²) in [4.78, 5) is 7.13. The average Bonchev–Trinajstić information content (AvgIpc) is 2.90. The number of aromatic nitrogens is 1. The van der Waals surface area contributed by atoms with Gasteiger partial charge in [0.15, 0.2) is 23.0 Å². The standard InChI is InChI=1S/C28H29N3O4/c1-32-24-12-20-16-31(10-9-19(20)11-27(24)35-17-18-7-5-4-6-8-18)28-14-22(29)21-13-25(33-2)26(34-3)15-23(21)30-28/h4-8,11-15H,9-10,16-17H2,1-3H3,(H2,29,30). The fourth-order valence-electron chi connectivity index (χ4n) is 4.49. The first-order valence-corrected chi connectivity index (χ1v) is 11.5. The SMILES string of the molecule is COc1cc2nc(N3CCc4cc(OCc5ccccc5)c(OC)cc4C3)cc(N)c2cc1OC. The van der Waals surface area contributed by atoms with Gasteiger partial charge in [-0.1, -0.05) is 30.3 Å². The molecule has 0 bridgehead atoms. The summed E-state index contributed by atoms with van der Waals surface area (Å²) >= 11 is 0. The number of methoxy groups -OCH3 is 3. The first kappa shape index (κ1) is 22.7. The van der Waals surface area contributed by atoms with Gasteiger partial charge in [-0.3, -0.25) is 0 Å². The van der Waals surface area contributed by atoms with Crippen LogP contribution in [0.5, 0.6) is 23.0 Å². The summed E-state index contributed by atoms with van der Waals surface area (Å²) in [5.41, 5.74) is 11.4. The summed E-state index contributed by atoms with van der Waals surface area (Å²) in [5.74, 6) is 3.57. The summed E-state index contributed by atoms with van der Waals surface area (Å²) in [6.45, 7) is 2.02. The number of hydrogen-bond donors (Lipinski definition) is 1. The van der Waals surface area contributed by atoms with Crippen molar-refractivity contribution in [2.24, 2.45) is 0 Å². The number of rotatable bonds is 7. The van der Waals surface area contributed by atoms with Crippen LogP contribution in [0, 0.1) is 0 Å². The van der Waals surface area contributed by atoms with E-state index >= 15 is 0 Å². The van der Waals surface area contributed by atoms with Gasteiger partial charge >= 0.3 is 0 Å². The van der Waals surface area contributed by atoms with Gasteiger partial charge in [-0.25, -0.2) is 4.98 Å². The molecule has 0 amide bonds. The van der Waals surface area contributed by atoms with E-state index in [9.17, 15) is 0 Å². The Morgan fingerprint density at radius 2 is 1.51 bits per heavy atom. The molecule has 0 unspecified atom stereocenters. The van der Waals surface area contributed by atoms with E-state index in [1.165, 1.54) is 11.1 Å². The molecule has 0 saturated carbocycles. The van der Waals surface area contributed by atoms with Crippen LogP contribution in [0.15, 0.2) is 60.7 Å². The lowest BCUT2D eigenvalue weighted by Gasteiger charge is -2.31. The largest absolute Gasteiger partial charge is 0.493 e. The van der Waals surface area contributed by atoms with Crippen molar-refractivity contribution in [1.29, 1.82) is 0 Å². The third-order valence-corrected chi connectivity index (χ3v) is 6.39. The Morgan fingerprint density at radius 1 is 0.829 bits per heavy atom. The van der Waals surface area contributed by atoms with Crippen LogP contribution in [-0.2, 0) is 19.6 Å². The Bertz CT molecular complexity index is 1360. The Hall–Kier alpha value is -4.13. The molecular weight excluding hydrogens is 442 g/mol. The molecule has 2 N–H and O–H groups in total. The predicted molar refractivity (Wildman–Crippen MR) is 138 cm³/mol. The average molecular weight is 472 g/mol. The van der Waals surface area contributed by atoms with E-state index in [1.807, 2.05) is 36.4 Å². The van der Waals surface area contributed by atoms with Crippen LogP contribution in [0.4, 0.5) is 11.5 Å². The molecule has 35 heavy (non-hydrogen) atoms. The Morgan fingerprint density at radius 3 is 2.26 bits per heavy atom. The lowest BCUT2D eigenvalue weighted by atomic mass is 9.98. The second kappa shape index (κ2) is 9.62. The van der Waals surface area contributed by atoms with Crippen molar-refractivity contribution in [3.05, 3.63) is 77.4 Å². The topological polar surface area (TPSA) is 79.1 Å². The molecule has 1 aliphatic heterocycles. The van der Waals surface area contributed by atoms with Crippen molar-refractivity contribution in [2.45, 2.75) is 19.6 Å². The van der Waals surface area contributed by atoms with Gasteiger partial charge in [-0.15, -0.1) is 0 Å². The Balaban J connectivity index is 1.41. The number of nitrogens with zero attached hydrogens (tertiary/aromatic N) is 2. The van der Waals surface area contributed by atoms with E-state index in [0.717, 1.165) is 46.7 Å². The molecule has 3 aromatic carbocycles. The number of fused-ring (bicyclic) bond motifs is 2. The third-order valence-electron chi connectivity index (χ3n) is 6.39. The maximum atomic E-state index is 6.42. The van der Waals surface area contributed by atoms with Crippen molar-refractivity contribution >= 4 is 22.4 Å². The minimum Gasteiger partial charge on any atom is -0.493 e. The minimum absolute atomic E-state index is 0.497. The van der Waals surface area contributed by atoms with E-state index in [2.05, 4.69) is 29.2 Å². The first-order valence-electron chi connectivity index (χ1n) is 11.5. The lowest BCUT2D eigenvalue weighted by molar-refractivity contribution is 0.284. The zero-order chi connectivity index (χ0) is 24.4. The van der Waals surface area contributed by atoms with Crippen LogP contribution < -0.4 is 29.6 Å². The van der Waals surface area contributed by atoms with Crippen LogP contribution >= 0.6 is 0 Å². The van der Waals surface area contributed by atoms with Crippen LogP contribution in [0.1, 0.15) is 16.7 Å². The predicted octanol–water partition coefficient (Wildman–Crippen LogP) is 4.98. The number of hydrogen-bond acceptors (Lipinski definition) is 7. The Labute approximate surface area is 205 Å². The second-order valence-corrected chi connectivity index (χ2v) is 8.51. The zero-order valence-electron chi connectivity index (χ0n) is 20.2. The second-order valence-electron chi connectivity index (χ2n) is 8.51. The van der Waals surface area contributed by atoms with Crippen molar-refractivity contribution in [3.8, 4) is 23.0 Å². The number of benzene rings is 3. The van der Waals surface area contributed by atoms with E-state index in [1.54, 1.807) is 21.3 Å². The minimum atomic E-state index is 0.497. The molecule has 1 aliphatic rings. The van der Waals surface area contributed by atoms with Gasteiger partial charge in [-0.2, -0.15) is 0 Å². The van der Waals surface area contributed by atoms with Gasteiger partial charge in [-0.05, 0) is 41.3 Å². The molecule has 0 aliphatic carbocycles. The molecular formula is C28H29N3O4. The molecule has 5 rings (SSSR count). The van der Waals surface area contributed by atoms with Gasteiger partial charge in [0, 0.05) is 36.3 Å². The maximum absolute atomic E-state index is 6.42. The van der Waals surface area contributed by atoms with Crippen molar-refractivity contribution in [3.63, 3.8) is 0 Å². The molecule has 0 atom stereocenters. The zero-order valence-corrected chi connectivity index (χ0v) is 20.2. The molecule has 0 fully saturated rings. The smallest absolute Gasteiger partial charge is 0.162 e. The first-order chi connectivity index (χ1) is 17.1. The number of nitrogens with two attached hydrogens (primary N) is 1. The summed E-state index contributed by atoms with van der Waals surface area (Å²) < 4.78 is 22.6. The van der Waals surface area contributed by atoms with Gasteiger partial charge in [0.1, 0.15) is 12.4 Å². The number of pyridine rings is 1. The highest BCUT2D eigenvalue weighted by molar-refractivity contribution is 5.94. The van der Waals surface area contributed by atoms with Crippen LogP contribution in [0.2, 0.25) is 0 Å². The van der Waals surface area contributed by atoms with E-state index in [0.29, 0.717) is 30.3 Å². The summed E-state index contributed by atoms with van der Waals surface area (Å²) in [7, 11) is 4.90. The highest BCUT2D eigenvalue weighted by Gasteiger charge is 2.22. The Kier molecular flexibility index (Phi) is 6.23. The molecule has 0 radical (unpaired) electrons. The number of ether oxygens (including phenoxy) is 4. The van der Waals surface area contributed by atoms with E-state index < -0.39 is 0 Å². The summed E-state index contributed by atoms with van der Waals surface area (Å²) in [6.07, 6.45) is 0.868.